The molecule has 0 aliphatic carbocycles. The van der Waals surface area contributed by atoms with Crippen LogP contribution in [0.5, 0.6) is 0 Å². The summed E-state index contributed by atoms with van der Waals surface area (Å²) < 4.78 is 2.14. The molecule has 14 heavy (non-hydrogen) atoms. The minimum absolute atomic E-state index is 0.109. The van der Waals surface area contributed by atoms with Crippen molar-refractivity contribution in [1.29, 1.82) is 0 Å². The molecule has 0 bridgehead atoms. The van der Waals surface area contributed by atoms with Crippen LogP contribution in [0.1, 0.15) is 31.6 Å². The summed E-state index contributed by atoms with van der Waals surface area (Å²) in [6, 6.07) is 0.109. The summed E-state index contributed by atoms with van der Waals surface area (Å²) in [7, 11) is 0. The van der Waals surface area contributed by atoms with E-state index in [0.717, 1.165) is 12.4 Å². The van der Waals surface area contributed by atoms with E-state index >= 15 is 0 Å². The molecule has 1 aliphatic rings. The van der Waals surface area contributed by atoms with Gasteiger partial charge in [0.1, 0.15) is 5.82 Å². The second-order valence-electron chi connectivity index (χ2n) is 3.65. The van der Waals surface area contributed by atoms with E-state index < -0.39 is 0 Å². The van der Waals surface area contributed by atoms with Crippen molar-refractivity contribution in [3.8, 4) is 0 Å². The Bertz CT molecular complexity index is 291. The molecule has 1 fully saturated rings. The molecule has 0 spiro atoms. The van der Waals surface area contributed by atoms with Gasteiger partial charge in [0.15, 0.2) is 0 Å². The lowest BCUT2D eigenvalue weighted by Crippen LogP contribution is -2.25. The Morgan fingerprint density at radius 1 is 1.79 bits per heavy atom. The van der Waals surface area contributed by atoms with Crippen LogP contribution < -0.4 is 5.73 Å². The molecule has 0 aromatic carbocycles. The van der Waals surface area contributed by atoms with Crippen LogP contribution in [-0.2, 0) is 6.54 Å². The van der Waals surface area contributed by atoms with Gasteiger partial charge in [-0.1, -0.05) is 0 Å². The zero-order chi connectivity index (χ0) is 9.97. The molecule has 2 unspecified atom stereocenters. The predicted octanol–water partition coefficient (Wildman–Crippen LogP) is 1.80. The smallest absolute Gasteiger partial charge is 0.126 e. The molecule has 78 valence electrons. The largest absolute Gasteiger partial charge is 0.334 e. The number of aromatic nitrogens is 2. The third kappa shape index (κ3) is 1.81. The maximum absolute atomic E-state index is 6.22. The first kappa shape index (κ1) is 10.1. The van der Waals surface area contributed by atoms with E-state index in [2.05, 4.69) is 16.5 Å². The third-order valence-corrected chi connectivity index (χ3v) is 4.23. The summed E-state index contributed by atoms with van der Waals surface area (Å²) in [6.07, 6.45) is 6.39. The number of thioether (sulfide) groups is 1. The Balaban J connectivity index is 2.12. The number of nitrogens with zero attached hydrogens (tertiary/aromatic N) is 2. The molecule has 0 radical (unpaired) electrons. The van der Waals surface area contributed by atoms with Crippen molar-refractivity contribution in [2.45, 2.75) is 37.6 Å². The first-order valence-corrected chi connectivity index (χ1v) is 6.26. The lowest BCUT2D eigenvalue weighted by molar-refractivity contribution is 0.568. The molecule has 0 saturated carbocycles. The third-order valence-electron chi connectivity index (χ3n) is 2.75. The Hall–Kier alpha value is -0.480. The topological polar surface area (TPSA) is 43.8 Å². The van der Waals surface area contributed by atoms with Crippen LogP contribution in [0.3, 0.4) is 0 Å². The van der Waals surface area contributed by atoms with Crippen molar-refractivity contribution in [3.63, 3.8) is 0 Å². The highest BCUT2D eigenvalue weighted by Crippen LogP contribution is 2.33. The van der Waals surface area contributed by atoms with Gasteiger partial charge in [-0.05, 0) is 25.5 Å². The molecule has 1 saturated heterocycles. The molecule has 1 aromatic rings. The van der Waals surface area contributed by atoms with E-state index in [1.165, 1.54) is 18.6 Å². The summed E-state index contributed by atoms with van der Waals surface area (Å²) in [6.45, 7) is 3.08. The minimum atomic E-state index is 0.109. The van der Waals surface area contributed by atoms with Gasteiger partial charge in [0.25, 0.3) is 0 Å². The fourth-order valence-electron chi connectivity index (χ4n) is 1.94. The highest BCUT2D eigenvalue weighted by atomic mass is 32.2. The Kier molecular flexibility index (Phi) is 3.13. The summed E-state index contributed by atoms with van der Waals surface area (Å²) in [4.78, 5) is 4.36. The summed E-state index contributed by atoms with van der Waals surface area (Å²) >= 11 is 1.99. The van der Waals surface area contributed by atoms with Gasteiger partial charge in [-0.15, -0.1) is 0 Å². The molecule has 0 amide bonds. The van der Waals surface area contributed by atoms with Gasteiger partial charge >= 0.3 is 0 Å². The van der Waals surface area contributed by atoms with E-state index in [9.17, 15) is 0 Å². The van der Waals surface area contributed by atoms with E-state index in [0.29, 0.717) is 5.25 Å². The second kappa shape index (κ2) is 4.36. The SMILES string of the molecule is CCn1ccnc1C(N)C1CCCS1. The van der Waals surface area contributed by atoms with Crippen molar-refractivity contribution >= 4 is 11.8 Å². The molecule has 1 aliphatic heterocycles. The van der Waals surface area contributed by atoms with Crippen molar-refractivity contribution in [1.82, 2.24) is 9.55 Å². The Labute approximate surface area is 89.1 Å². The average Bonchev–Trinajstić information content (AvgIpc) is 2.87. The molecule has 2 N–H and O–H groups in total. The van der Waals surface area contributed by atoms with E-state index in [1.54, 1.807) is 0 Å². The zero-order valence-electron chi connectivity index (χ0n) is 8.52. The van der Waals surface area contributed by atoms with Gasteiger partial charge < -0.3 is 10.3 Å². The monoisotopic (exact) mass is 211 g/mol. The summed E-state index contributed by atoms with van der Waals surface area (Å²) in [5, 5.41) is 0.572. The molecule has 2 heterocycles. The predicted molar refractivity (Wildman–Crippen MR) is 60.3 cm³/mol. The number of hydrogen-bond acceptors (Lipinski definition) is 3. The second-order valence-corrected chi connectivity index (χ2v) is 5.00. The average molecular weight is 211 g/mol. The van der Waals surface area contributed by atoms with Crippen LogP contribution in [-0.4, -0.2) is 20.6 Å². The minimum Gasteiger partial charge on any atom is -0.334 e. The molecular formula is C10H17N3S. The van der Waals surface area contributed by atoms with Crippen molar-refractivity contribution in [2.24, 2.45) is 5.73 Å². The van der Waals surface area contributed by atoms with Gasteiger partial charge in [-0.3, -0.25) is 0 Å². The number of hydrogen-bond donors (Lipinski definition) is 1. The number of rotatable bonds is 3. The molecular weight excluding hydrogens is 194 g/mol. The first-order valence-electron chi connectivity index (χ1n) is 5.21. The summed E-state index contributed by atoms with van der Waals surface area (Å²) in [5.74, 6) is 2.30. The van der Waals surface area contributed by atoms with Crippen LogP contribution in [0.4, 0.5) is 0 Å². The normalized spacial score (nSPS) is 24.0. The zero-order valence-corrected chi connectivity index (χ0v) is 9.33. The van der Waals surface area contributed by atoms with Crippen molar-refractivity contribution in [3.05, 3.63) is 18.2 Å². The highest BCUT2D eigenvalue weighted by molar-refractivity contribution is 8.00. The standard InChI is InChI=1S/C10H17N3S/c1-2-13-6-5-12-10(13)9(11)8-4-3-7-14-8/h5-6,8-9H,2-4,7,11H2,1H3. The molecule has 4 heteroatoms. The maximum atomic E-state index is 6.22. The first-order chi connectivity index (χ1) is 6.83. The Morgan fingerprint density at radius 3 is 3.29 bits per heavy atom. The molecule has 1 aromatic heterocycles. The fourth-order valence-corrected chi connectivity index (χ4v) is 3.24. The van der Waals surface area contributed by atoms with Gasteiger partial charge in [0.2, 0.25) is 0 Å². The van der Waals surface area contributed by atoms with Gasteiger partial charge in [-0.25, -0.2) is 4.98 Å². The van der Waals surface area contributed by atoms with Crippen LogP contribution in [0.15, 0.2) is 12.4 Å². The van der Waals surface area contributed by atoms with Gasteiger partial charge in [-0.2, -0.15) is 11.8 Å². The van der Waals surface area contributed by atoms with Crippen LogP contribution in [0.2, 0.25) is 0 Å². The van der Waals surface area contributed by atoms with Crippen molar-refractivity contribution < 1.29 is 0 Å². The van der Waals surface area contributed by atoms with Gasteiger partial charge in [0, 0.05) is 24.2 Å². The maximum Gasteiger partial charge on any atom is 0.126 e. The van der Waals surface area contributed by atoms with Crippen molar-refractivity contribution in [2.75, 3.05) is 5.75 Å². The van der Waals surface area contributed by atoms with E-state index in [-0.39, 0.29) is 6.04 Å². The molecule has 3 nitrogen and oxygen atoms in total. The molecule has 2 rings (SSSR count). The van der Waals surface area contributed by atoms with E-state index in [4.69, 9.17) is 5.73 Å². The van der Waals surface area contributed by atoms with Crippen LogP contribution >= 0.6 is 11.8 Å². The van der Waals surface area contributed by atoms with Crippen LogP contribution in [0, 0.1) is 0 Å². The number of aryl methyl sites for hydroxylation is 1. The number of imidazole rings is 1. The lowest BCUT2D eigenvalue weighted by atomic mass is 10.1. The lowest BCUT2D eigenvalue weighted by Gasteiger charge is -2.18. The highest BCUT2D eigenvalue weighted by Gasteiger charge is 2.26. The fraction of sp³-hybridized carbons (Fsp3) is 0.700. The Morgan fingerprint density at radius 2 is 2.64 bits per heavy atom. The van der Waals surface area contributed by atoms with Gasteiger partial charge in [0.05, 0.1) is 6.04 Å². The number of nitrogens with two attached hydrogens (primary N) is 1. The quantitative estimate of drug-likeness (QED) is 0.829. The summed E-state index contributed by atoms with van der Waals surface area (Å²) in [5.41, 5.74) is 6.22. The molecule has 2 atom stereocenters. The van der Waals surface area contributed by atoms with E-state index in [1.807, 2.05) is 24.2 Å². The van der Waals surface area contributed by atoms with Crippen LogP contribution in [0.25, 0.3) is 0 Å².